The Bertz CT molecular complexity index is 404. The van der Waals surface area contributed by atoms with Gasteiger partial charge in [0.25, 0.3) is 0 Å². The zero-order valence-corrected chi connectivity index (χ0v) is 7.10. The van der Waals surface area contributed by atoms with Gasteiger partial charge in [0.2, 0.25) is 0 Å². The minimum Gasteiger partial charge on any atom is -0.443 e. The maximum atomic E-state index is 5.20. The molecule has 0 aliphatic carbocycles. The summed E-state index contributed by atoms with van der Waals surface area (Å²) in [5.74, 6) is 0.774. The van der Waals surface area contributed by atoms with Crippen LogP contribution in [0.2, 0.25) is 0 Å². The summed E-state index contributed by atoms with van der Waals surface area (Å²) >= 11 is 0. The van der Waals surface area contributed by atoms with Crippen molar-refractivity contribution in [3.63, 3.8) is 0 Å². The van der Waals surface area contributed by atoms with Crippen LogP contribution in [0, 0.1) is 0 Å². The van der Waals surface area contributed by atoms with Gasteiger partial charge in [0.05, 0.1) is 6.20 Å². The Morgan fingerprint density at radius 1 is 1.31 bits per heavy atom. The average molecular weight is 171 g/mol. The van der Waals surface area contributed by atoms with Crippen LogP contribution >= 0.6 is 0 Å². The SMILES string of the molecule is C=Cc1ccccc1-c1cnco1. The Balaban J connectivity index is 2.57. The van der Waals surface area contributed by atoms with E-state index in [0.29, 0.717) is 0 Å². The first kappa shape index (κ1) is 7.80. The van der Waals surface area contributed by atoms with E-state index < -0.39 is 0 Å². The summed E-state index contributed by atoms with van der Waals surface area (Å²) in [5.41, 5.74) is 2.08. The molecular weight excluding hydrogens is 162 g/mol. The van der Waals surface area contributed by atoms with E-state index in [2.05, 4.69) is 11.6 Å². The Kier molecular flexibility index (Phi) is 1.96. The predicted octanol–water partition coefficient (Wildman–Crippen LogP) is 2.98. The van der Waals surface area contributed by atoms with Gasteiger partial charge in [0.15, 0.2) is 12.2 Å². The van der Waals surface area contributed by atoms with Crippen molar-refractivity contribution >= 4 is 6.08 Å². The van der Waals surface area contributed by atoms with Gasteiger partial charge in [-0.1, -0.05) is 36.9 Å². The lowest BCUT2D eigenvalue weighted by Crippen LogP contribution is -1.78. The topological polar surface area (TPSA) is 26.0 Å². The van der Waals surface area contributed by atoms with Crippen molar-refractivity contribution in [1.82, 2.24) is 4.98 Å². The molecule has 0 unspecified atom stereocenters. The molecule has 0 spiro atoms. The molecule has 0 atom stereocenters. The van der Waals surface area contributed by atoms with Crippen molar-refractivity contribution in [1.29, 1.82) is 0 Å². The molecule has 2 heteroatoms. The Morgan fingerprint density at radius 2 is 2.15 bits per heavy atom. The molecule has 0 amide bonds. The van der Waals surface area contributed by atoms with Crippen LogP contribution in [-0.4, -0.2) is 4.98 Å². The highest BCUT2D eigenvalue weighted by Crippen LogP contribution is 2.23. The summed E-state index contributed by atoms with van der Waals surface area (Å²) in [4.78, 5) is 3.87. The molecular formula is C11H9NO. The van der Waals surface area contributed by atoms with E-state index in [-0.39, 0.29) is 0 Å². The van der Waals surface area contributed by atoms with E-state index in [1.54, 1.807) is 12.3 Å². The first-order valence-electron chi connectivity index (χ1n) is 4.02. The Hall–Kier alpha value is -1.83. The third-order valence-electron chi connectivity index (χ3n) is 1.88. The summed E-state index contributed by atoms with van der Waals surface area (Å²) in [5, 5.41) is 0. The van der Waals surface area contributed by atoms with E-state index in [9.17, 15) is 0 Å². The maximum Gasteiger partial charge on any atom is 0.181 e. The van der Waals surface area contributed by atoms with E-state index >= 15 is 0 Å². The quantitative estimate of drug-likeness (QED) is 0.694. The number of oxazole rings is 1. The second-order valence-corrected chi connectivity index (χ2v) is 2.66. The number of nitrogens with zero attached hydrogens (tertiary/aromatic N) is 1. The van der Waals surface area contributed by atoms with Crippen LogP contribution in [0.1, 0.15) is 5.56 Å². The zero-order chi connectivity index (χ0) is 9.10. The normalized spacial score (nSPS) is 9.85. The van der Waals surface area contributed by atoms with Crippen LogP contribution in [-0.2, 0) is 0 Å². The molecule has 0 N–H and O–H groups in total. The van der Waals surface area contributed by atoms with Gasteiger partial charge in [-0.25, -0.2) is 4.98 Å². The van der Waals surface area contributed by atoms with E-state index in [1.807, 2.05) is 24.3 Å². The Labute approximate surface area is 76.5 Å². The van der Waals surface area contributed by atoms with Crippen LogP contribution < -0.4 is 0 Å². The zero-order valence-electron chi connectivity index (χ0n) is 7.10. The molecule has 0 aliphatic rings. The van der Waals surface area contributed by atoms with Crippen molar-refractivity contribution in [2.75, 3.05) is 0 Å². The van der Waals surface area contributed by atoms with Crippen LogP contribution in [0.15, 0.2) is 47.9 Å². The standard InChI is InChI=1S/C11H9NO/c1-2-9-5-3-4-6-10(9)11-7-12-8-13-11/h2-8H,1H2. The molecule has 13 heavy (non-hydrogen) atoms. The largest absolute Gasteiger partial charge is 0.443 e. The molecule has 2 aromatic rings. The number of hydrogen-bond donors (Lipinski definition) is 0. The molecule has 0 radical (unpaired) electrons. The van der Waals surface area contributed by atoms with Gasteiger partial charge in [-0.15, -0.1) is 0 Å². The second kappa shape index (κ2) is 3.27. The van der Waals surface area contributed by atoms with Crippen molar-refractivity contribution in [2.24, 2.45) is 0 Å². The van der Waals surface area contributed by atoms with Gasteiger partial charge in [0.1, 0.15) is 0 Å². The van der Waals surface area contributed by atoms with Crippen molar-refractivity contribution in [2.45, 2.75) is 0 Å². The fourth-order valence-corrected chi connectivity index (χ4v) is 1.25. The van der Waals surface area contributed by atoms with Crippen LogP contribution in [0.3, 0.4) is 0 Å². The van der Waals surface area contributed by atoms with Crippen molar-refractivity contribution in [3.05, 3.63) is 49.0 Å². The highest BCUT2D eigenvalue weighted by molar-refractivity contribution is 5.70. The fraction of sp³-hybridized carbons (Fsp3) is 0. The van der Waals surface area contributed by atoms with Gasteiger partial charge in [-0.2, -0.15) is 0 Å². The van der Waals surface area contributed by atoms with Gasteiger partial charge < -0.3 is 4.42 Å². The molecule has 0 aliphatic heterocycles. The average Bonchev–Trinajstić information content (AvgIpc) is 2.70. The summed E-state index contributed by atoms with van der Waals surface area (Å²) < 4.78 is 5.20. The van der Waals surface area contributed by atoms with Crippen LogP contribution in [0.25, 0.3) is 17.4 Å². The summed E-state index contributed by atoms with van der Waals surface area (Å²) in [7, 11) is 0. The number of hydrogen-bond acceptors (Lipinski definition) is 2. The molecule has 0 fully saturated rings. The number of benzene rings is 1. The van der Waals surface area contributed by atoms with Gasteiger partial charge >= 0.3 is 0 Å². The van der Waals surface area contributed by atoms with E-state index in [4.69, 9.17) is 4.42 Å². The monoisotopic (exact) mass is 171 g/mol. The minimum atomic E-state index is 0.774. The molecule has 1 heterocycles. The smallest absolute Gasteiger partial charge is 0.181 e. The molecule has 2 rings (SSSR count). The highest BCUT2D eigenvalue weighted by Gasteiger charge is 2.03. The van der Waals surface area contributed by atoms with Crippen LogP contribution in [0.4, 0.5) is 0 Å². The van der Waals surface area contributed by atoms with Gasteiger partial charge in [0, 0.05) is 5.56 Å². The second-order valence-electron chi connectivity index (χ2n) is 2.66. The van der Waals surface area contributed by atoms with Crippen molar-refractivity contribution < 1.29 is 4.42 Å². The maximum absolute atomic E-state index is 5.20. The van der Waals surface area contributed by atoms with Crippen molar-refractivity contribution in [3.8, 4) is 11.3 Å². The lowest BCUT2D eigenvalue weighted by atomic mass is 10.1. The molecule has 64 valence electrons. The first-order valence-corrected chi connectivity index (χ1v) is 4.02. The summed E-state index contributed by atoms with van der Waals surface area (Å²) in [6, 6.07) is 7.91. The minimum absolute atomic E-state index is 0.774. The van der Waals surface area contributed by atoms with E-state index in [1.165, 1.54) is 6.39 Å². The molecule has 1 aromatic carbocycles. The summed E-state index contributed by atoms with van der Waals surface area (Å²) in [6.07, 6.45) is 4.93. The molecule has 0 saturated heterocycles. The summed E-state index contributed by atoms with van der Waals surface area (Å²) in [6.45, 7) is 3.74. The highest BCUT2D eigenvalue weighted by atomic mass is 16.3. The Morgan fingerprint density at radius 3 is 2.85 bits per heavy atom. The number of rotatable bonds is 2. The lowest BCUT2D eigenvalue weighted by Gasteiger charge is -2.00. The lowest BCUT2D eigenvalue weighted by molar-refractivity contribution is 0.572. The van der Waals surface area contributed by atoms with Gasteiger partial charge in [-0.05, 0) is 5.56 Å². The third-order valence-corrected chi connectivity index (χ3v) is 1.88. The molecule has 0 saturated carbocycles. The molecule has 1 aromatic heterocycles. The molecule has 2 nitrogen and oxygen atoms in total. The van der Waals surface area contributed by atoms with Gasteiger partial charge in [-0.3, -0.25) is 0 Å². The van der Waals surface area contributed by atoms with Crippen LogP contribution in [0.5, 0.6) is 0 Å². The first-order chi connectivity index (χ1) is 6.42. The van der Waals surface area contributed by atoms with E-state index in [0.717, 1.165) is 16.9 Å². The molecule has 0 bridgehead atoms. The third kappa shape index (κ3) is 1.38. The fourth-order valence-electron chi connectivity index (χ4n) is 1.25. The number of aromatic nitrogens is 1. The predicted molar refractivity (Wildman–Crippen MR) is 52.0 cm³/mol.